The Kier molecular flexibility index (Phi) is 1.78. The Bertz CT molecular complexity index is 369. The van der Waals surface area contributed by atoms with Gasteiger partial charge in [0.05, 0.1) is 0 Å². The summed E-state index contributed by atoms with van der Waals surface area (Å²) in [5, 5.41) is 0. The van der Waals surface area contributed by atoms with E-state index in [1.807, 2.05) is 6.07 Å². The quantitative estimate of drug-likeness (QED) is 0.636. The van der Waals surface area contributed by atoms with Gasteiger partial charge in [0.2, 0.25) is 0 Å². The number of benzene rings is 1. The summed E-state index contributed by atoms with van der Waals surface area (Å²) in [5.41, 5.74) is 9.56. The minimum atomic E-state index is 0.194. The fraction of sp³-hybridized carbons (Fsp3) is 0.500. The van der Waals surface area contributed by atoms with Gasteiger partial charge in [0.15, 0.2) is 0 Å². The summed E-state index contributed by atoms with van der Waals surface area (Å²) < 4.78 is 0. The predicted molar refractivity (Wildman–Crippen MR) is 61.7 cm³/mol. The molecule has 0 aliphatic carbocycles. The largest absolute Gasteiger partial charge is 0.399 e. The maximum absolute atomic E-state index is 5.82. The number of likely N-dealkylation sites (N-methyl/N-ethyl adjacent to an activating group) is 1. The summed E-state index contributed by atoms with van der Waals surface area (Å²) in [6, 6.07) is 6.73. The number of fused-ring (bicyclic) bond motifs is 1. The molecule has 1 aliphatic heterocycles. The molecule has 0 radical (unpaired) electrons. The fourth-order valence-electron chi connectivity index (χ4n) is 2.30. The highest BCUT2D eigenvalue weighted by Crippen LogP contribution is 2.44. The summed E-state index contributed by atoms with van der Waals surface area (Å²) in [6.07, 6.45) is 0. The number of anilines is 2. The van der Waals surface area contributed by atoms with Crippen LogP contribution in [0.25, 0.3) is 0 Å². The number of nitrogens with two attached hydrogens (primary N) is 1. The lowest BCUT2D eigenvalue weighted by molar-refractivity contribution is 0.454. The zero-order chi connectivity index (χ0) is 10.5. The highest BCUT2D eigenvalue weighted by molar-refractivity contribution is 5.67. The molecule has 0 saturated carbocycles. The molecule has 2 heteroatoms. The molecule has 1 heterocycles. The average Bonchev–Trinajstić information content (AvgIpc) is 2.29. The predicted octanol–water partition coefficient (Wildman–Crippen LogP) is 2.38. The van der Waals surface area contributed by atoms with Gasteiger partial charge in [-0.15, -0.1) is 0 Å². The molecule has 0 amide bonds. The molecule has 1 atom stereocenters. The van der Waals surface area contributed by atoms with E-state index in [4.69, 9.17) is 5.73 Å². The lowest BCUT2D eigenvalue weighted by Gasteiger charge is -2.28. The van der Waals surface area contributed by atoms with E-state index in [9.17, 15) is 0 Å². The molecule has 0 aromatic heterocycles. The average molecular weight is 190 g/mol. The van der Waals surface area contributed by atoms with Crippen LogP contribution in [0.1, 0.15) is 26.3 Å². The molecule has 2 nitrogen and oxygen atoms in total. The maximum Gasteiger partial charge on any atom is 0.0406 e. The molecule has 2 rings (SSSR count). The van der Waals surface area contributed by atoms with Crippen molar-refractivity contribution in [3.8, 4) is 0 Å². The third kappa shape index (κ3) is 1.03. The molecule has 1 unspecified atom stereocenters. The summed E-state index contributed by atoms with van der Waals surface area (Å²) in [7, 11) is 2.15. The molecule has 0 spiro atoms. The standard InChI is InChI=1S/C12H18N2/c1-8-12(2,3)10-7-9(13)5-6-11(10)14(8)4/h5-8H,13H2,1-4H3. The summed E-state index contributed by atoms with van der Waals surface area (Å²) in [4.78, 5) is 2.33. The molecular formula is C12H18N2. The zero-order valence-corrected chi connectivity index (χ0v) is 9.33. The van der Waals surface area contributed by atoms with E-state index in [0.29, 0.717) is 6.04 Å². The number of nitrogens with zero attached hydrogens (tertiary/aromatic N) is 1. The van der Waals surface area contributed by atoms with Crippen LogP contribution in [0, 0.1) is 0 Å². The van der Waals surface area contributed by atoms with Gasteiger partial charge in [-0.3, -0.25) is 0 Å². The van der Waals surface area contributed by atoms with Crippen LogP contribution in [0.15, 0.2) is 18.2 Å². The van der Waals surface area contributed by atoms with Gasteiger partial charge in [0.25, 0.3) is 0 Å². The van der Waals surface area contributed by atoms with Crippen molar-refractivity contribution >= 4 is 11.4 Å². The van der Waals surface area contributed by atoms with Gasteiger partial charge in [-0.1, -0.05) is 13.8 Å². The van der Waals surface area contributed by atoms with Crippen LogP contribution in [0.4, 0.5) is 11.4 Å². The monoisotopic (exact) mass is 190 g/mol. The molecule has 0 saturated heterocycles. The Labute approximate surface area is 85.7 Å². The van der Waals surface area contributed by atoms with Crippen molar-refractivity contribution in [1.82, 2.24) is 0 Å². The molecule has 1 aromatic carbocycles. The Balaban J connectivity index is 2.63. The van der Waals surface area contributed by atoms with Crippen LogP contribution < -0.4 is 10.6 Å². The van der Waals surface area contributed by atoms with Gasteiger partial charge >= 0.3 is 0 Å². The van der Waals surface area contributed by atoms with Crippen LogP contribution >= 0.6 is 0 Å². The van der Waals surface area contributed by atoms with Gasteiger partial charge < -0.3 is 10.6 Å². The van der Waals surface area contributed by atoms with E-state index in [0.717, 1.165) is 5.69 Å². The van der Waals surface area contributed by atoms with E-state index in [-0.39, 0.29) is 5.41 Å². The van der Waals surface area contributed by atoms with Gasteiger partial charge in [-0.05, 0) is 30.7 Å². The first-order valence-electron chi connectivity index (χ1n) is 5.07. The van der Waals surface area contributed by atoms with Crippen molar-refractivity contribution in [3.63, 3.8) is 0 Å². The van der Waals surface area contributed by atoms with Crippen molar-refractivity contribution in [2.75, 3.05) is 17.7 Å². The number of nitrogen functional groups attached to an aromatic ring is 1. The molecular weight excluding hydrogens is 172 g/mol. The molecule has 14 heavy (non-hydrogen) atoms. The summed E-state index contributed by atoms with van der Waals surface area (Å²) in [5.74, 6) is 0. The van der Waals surface area contributed by atoms with Gasteiger partial charge in [-0.2, -0.15) is 0 Å². The molecule has 2 N–H and O–H groups in total. The Morgan fingerprint density at radius 3 is 2.64 bits per heavy atom. The third-order valence-electron chi connectivity index (χ3n) is 3.72. The maximum atomic E-state index is 5.82. The summed E-state index contributed by atoms with van der Waals surface area (Å²) in [6.45, 7) is 6.81. The lowest BCUT2D eigenvalue weighted by atomic mass is 9.81. The van der Waals surface area contributed by atoms with E-state index < -0.39 is 0 Å². The minimum Gasteiger partial charge on any atom is -0.399 e. The second-order valence-electron chi connectivity index (χ2n) is 4.79. The number of hydrogen-bond acceptors (Lipinski definition) is 2. The van der Waals surface area contributed by atoms with Gasteiger partial charge in [0.1, 0.15) is 0 Å². The first-order chi connectivity index (χ1) is 6.44. The molecule has 1 aromatic rings. The van der Waals surface area contributed by atoms with Crippen molar-refractivity contribution < 1.29 is 0 Å². The van der Waals surface area contributed by atoms with Gasteiger partial charge in [0, 0.05) is 29.9 Å². The smallest absolute Gasteiger partial charge is 0.0406 e. The Hall–Kier alpha value is -1.18. The first kappa shape index (κ1) is 9.38. The third-order valence-corrected chi connectivity index (χ3v) is 3.72. The van der Waals surface area contributed by atoms with Crippen LogP contribution in [0.3, 0.4) is 0 Å². The summed E-state index contributed by atoms with van der Waals surface area (Å²) >= 11 is 0. The zero-order valence-electron chi connectivity index (χ0n) is 9.33. The molecule has 0 bridgehead atoms. The highest BCUT2D eigenvalue weighted by atomic mass is 15.2. The van der Waals surface area contributed by atoms with E-state index in [1.165, 1.54) is 11.3 Å². The van der Waals surface area contributed by atoms with E-state index >= 15 is 0 Å². The van der Waals surface area contributed by atoms with Crippen molar-refractivity contribution in [1.29, 1.82) is 0 Å². The topological polar surface area (TPSA) is 29.3 Å². The Morgan fingerprint density at radius 1 is 1.36 bits per heavy atom. The number of hydrogen-bond donors (Lipinski definition) is 1. The molecule has 0 fully saturated rings. The van der Waals surface area contributed by atoms with Crippen molar-refractivity contribution in [3.05, 3.63) is 23.8 Å². The Morgan fingerprint density at radius 2 is 2.00 bits per heavy atom. The first-order valence-corrected chi connectivity index (χ1v) is 5.07. The highest BCUT2D eigenvalue weighted by Gasteiger charge is 2.39. The van der Waals surface area contributed by atoms with Crippen LogP contribution in [0.5, 0.6) is 0 Å². The van der Waals surface area contributed by atoms with Crippen LogP contribution in [-0.4, -0.2) is 13.1 Å². The van der Waals surface area contributed by atoms with Crippen LogP contribution in [0.2, 0.25) is 0 Å². The van der Waals surface area contributed by atoms with Crippen molar-refractivity contribution in [2.24, 2.45) is 0 Å². The SMILES string of the molecule is CC1N(C)c2ccc(N)cc2C1(C)C. The van der Waals surface area contributed by atoms with Crippen LogP contribution in [-0.2, 0) is 5.41 Å². The molecule has 1 aliphatic rings. The van der Waals surface area contributed by atoms with Crippen molar-refractivity contribution in [2.45, 2.75) is 32.2 Å². The van der Waals surface area contributed by atoms with E-state index in [2.05, 4.69) is 44.9 Å². The second-order valence-corrected chi connectivity index (χ2v) is 4.79. The minimum absolute atomic E-state index is 0.194. The normalized spacial score (nSPS) is 23.7. The van der Waals surface area contributed by atoms with Gasteiger partial charge in [-0.25, -0.2) is 0 Å². The fourth-order valence-corrected chi connectivity index (χ4v) is 2.30. The second kappa shape index (κ2) is 2.66. The lowest BCUT2D eigenvalue weighted by Crippen LogP contribution is -2.36. The molecule has 76 valence electrons. The number of rotatable bonds is 0. The van der Waals surface area contributed by atoms with E-state index in [1.54, 1.807) is 0 Å².